The molecule has 1 spiro atoms. The highest BCUT2D eigenvalue weighted by Crippen LogP contribution is 2.63. The Morgan fingerprint density at radius 1 is 1.13 bits per heavy atom. The molecule has 3 fully saturated rings. The van der Waals surface area contributed by atoms with Crippen molar-refractivity contribution in [2.24, 2.45) is 11.8 Å². The number of anilines is 1. The van der Waals surface area contributed by atoms with Crippen LogP contribution in [0.15, 0.2) is 48.5 Å². The number of aliphatic hydroxyl groups is 1. The topological polar surface area (TPSA) is 105 Å². The fourth-order valence-electron chi connectivity index (χ4n) is 6.99. The lowest BCUT2D eigenvalue weighted by molar-refractivity contribution is -0.160. The van der Waals surface area contributed by atoms with E-state index in [0.29, 0.717) is 24.9 Å². The van der Waals surface area contributed by atoms with Crippen LogP contribution in [-0.4, -0.2) is 64.3 Å². The molecule has 0 aliphatic carbocycles. The molecule has 3 heterocycles. The first-order valence-corrected chi connectivity index (χ1v) is 13.4. The predicted octanol–water partition coefficient (Wildman–Crippen LogP) is 3.17. The lowest BCUT2D eigenvalue weighted by atomic mass is 9.66. The van der Waals surface area contributed by atoms with Gasteiger partial charge in [0.25, 0.3) is 0 Å². The smallest absolute Gasteiger partial charge is 0.312 e. The first-order valence-electron chi connectivity index (χ1n) is 13.4. The molecule has 3 aliphatic rings. The monoisotopic (exact) mass is 520 g/mol. The minimum absolute atomic E-state index is 0.187. The van der Waals surface area contributed by atoms with Crippen molar-refractivity contribution >= 4 is 23.5 Å². The second-order valence-corrected chi connectivity index (χ2v) is 11.0. The van der Waals surface area contributed by atoms with Gasteiger partial charge in [0.15, 0.2) is 0 Å². The van der Waals surface area contributed by atoms with E-state index in [1.54, 1.807) is 6.92 Å². The molecule has 8 nitrogen and oxygen atoms in total. The molecule has 2 aromatic carbocycles. The zero-order valence-electron chi connectivity index (χ0n) is 22.4. The second kappa shape index (κ2) is 9.82. The van der Waals surface area contributed by atoms with Gasteiger partial charge in [-0.3, -0.25) is 14.4 Å². The molecular formula is C30H36N2O6. The van der Waals surface area contributed by atoms with Crippen LogP contribution in [0, 0.1) is 25.7 Å². The number of para-hydroxylation sites is 1. The van der Waals surface area contributed by atoms with Crippen molar-refractivity contribution in [1.29, 1.82) is 0 Å². The van der Waals surface area contributed by atoms with Crippen LogP contribution >= 0.6 is 0 Å². The summed E-state index contributed by atoms with van der Waals surface area (Å²) in [4.78, 5) is 43.2. The van der Waals surface area contributed by atoms with Gasteiger partial charge in [0.1, 0.15) is 17.6 Å². The van der Waals surface area contributed by atoms with Gasteiger partial charge in [-0.15, -0.1) is 0 Å². The number of hydrogen-bond donors (Lipinski definition) is 2. The number of carbonyl (C=O) groups is 3. The number of likely N-dealkylation sites (tertiary alicyclic amines) is 1. The summed E-state index contributed by atoms with van der Waals surface area (Å²) in [6.07, 6.45) is 1.35. The molecule has 2 N–H and O–H groups in total. The van der Waals surface area contributed by atoms with Crippen molar-refractivity contribution in [2.75, 3.05) is 18.5 Å². The zero-order chi connectivity index (χ0) is 27.2. The van der Waals surface area contributed by atoms with Crippen LogP contribution in [0.25, 0.3) is 0 Å². The van der Waals surface area contributed by atoms with Crippen molar-refractivity contribution < 1.29 is 29.0 Å². The van der Waals surface area contributed by atoms with Crippen molar-refractivity contribution in [3.63, 3.8) is 0 Å². The van der Waals surface area contributed by atoms with Gasteiger partial charge in [-0.2, -0.15) is 0 Å². The molecule has 202 valence electrons. The van der Waals surface area contributed by atoms with E-state index >= 15 is 0 Å². The molecule has 2 amide bonds. The Kier molecular flexibility index (Phi) is 6.82. The molecule has 0 saturated carbocycles. The summed E-state index contributed by atoms with van der Waals surface area (Å²) in [5.41, 5.74) is 1.34. The van der Waals surface area contributed by atoms with Gasteiger partial charge < -0.3 is 24.8 Å². The summed E-state index contributed by atoms with van der Waals surface area (Å²) in [6.45, 7) is 7.26. The summed E-state index contributed by atoms with van der Waals surface area (Å²) in [6, 6.07) is 13.6. The SMILES string of the molecule is CCOC(=O)[C@H]1[C@H]2C(=O)N([C@@H](CO)Cc3ccccc3)C(C(=O)Nc3c(C)cccc3C)C23CC[C@]1(C)O3. The highest BCUT2D eigenvalue weighted by molar-refractivity contribution is 6.04. The number of nitrogens with zero attached hydrogens (tertiary/aromatic N) is 1. The van der Waals surface area contributed by atoms with Crippen LogP contribution < -0.4 is 5.32 Å². The molecule has 3 aliphatic heterocycles. The number of carbonyl (C=O) groups excluding carboxylic acids is 3. The Balaban J connectivity index is 1.59. The van der Waals surface area contributed by atoms with E-state index in [-0.39, 0.29) is 25.0 Å². The number of rotatable bonds is 8. The van der Waals surface area contributed by atoms with E-state index in [9.17, 15) is 19.5 Å². The number of aryl methyl sites for hydroxylation is 2. The molecule has 5 rings (SSSR count). The third kappa shape index (κ3) is 4.01. The lowest BCUT2D eigenvalue weighted by Gasteiger charge is -2.37. The van der Waals surface area contributed by atoms with Gasteiger partial charge in [-0.05, 0) is 63.6 Å². The average Bonchev–Trinajstić information content (AvgIpc) is 3.46. The zero-order valence-corrected chi connectivity index (χ0v) is 22.4. The predicted molar refractivity (Wildman–Crippen MR) is 141 cm³/mol. The Hall–Kier alpha value is -3.23. The van der Waals surface area contributed by atoms with Gasteiger partial charge in [-0.1, -0.05) is 48.5 Å². The fourth-order valence-corrected chi connectivity index (χ4v) is 6.99. The normalized spacial score (nSPS) is 30.3. The molecule has 8 heteroatoms. The van der Waals surface area contributed by atoms with Gasteiger partial charge in [0.2, 0.25) is 11.8 Å². The number of aliphatic hydroxyl groups excluding tert-OH is 1. The Bertz CT molecular complexity index is 1230. The van der Waals surface area contributed by atoms with Crippen molar-refractivity contribution in [3.05, 3.63) is 65.2 Å². The maximum Gasteiger partial charge on any atom is 0.312 e. The third-order valence-electron chi connectivity index (χ3n) is 8.65. The van der Waals surface area contributed by atoms with Crippen LogP contribution in [0.1, 0.15) is 43.4 Å². The number of nitrogens with one attached hydrogen (secondary N) is 1. The number of ether oxygens (including phenoxy) is 2. The van der Waals surface area contributed by atoms with Crippen LogP contribution in [0.3, 0.4) is 0 Å². The molecule has 6 atom stereocenters. The first kappa shape index (κ1) is 26.4. The molecule has 0 radical (unpaired) electrons. The van der Waals surface area contributed by atoms with E-state index in [0.717, 1.165) is 16.7 Å². The standard InChI is InChI=1S/C30H36N2O6/c1-5-37-28(36)23-22-27(35)32(21(17-33)16-20-12-7-6-8-13-20)25(30(22)15-14-29(23,4)38-30)26(34)31-24-18(2)10-9-11-19(24)3/h6-13,21-23,25,33H,5,14-17H2,1-4H3,(H,31,34)/t21-,22+,23-,25?,29+,30?/m1/s1. The average molecular weight is 521 g/mol. The third-order valence-corrected chi connectivity index (χ3v) is 8.65. The summed E-state index contributed by atoms with van der Waals surface area (Å²) < 4.78 is 12.0. The van der Waals surface area contributed by atoms with Crippen LogP contribution in [0.4, 0.5) is 5.69 Å². The minimum atomic E-state index is -1.19. The molecule has 3 saturated heterocycles. The summed E-state index contributed by atoms with van der Waals surface area (Å²) in [5, 5.41) is 13.6. The quantitative estimate of drug-likeness (QED) is 0.518. The molecule has 38 heavy (non-hydrogen) atoms. The van der Waals surface area contributed by atoms with E-state index in [1.807, 2.05) is 69.3 Å². The van der Waals surface area contributed by atoms with Crippen molar-refractivity contribution in [3.8, 4) is 0 Å². The fraction of sp³-hybridized carbons (Fsp3) is 0.500. The molecular weight excluding hydrogens is 484 g/mol. The van der Waals surface area contributed by atoms with Gasteiger partial charge in [0, 0.05) is 5.69 Å². The Morgan fingerprint density at radius 3 is 2.45 bits per heavy atom. The summed E-state index contributed by atoms with van der Waals surface area (Å²) >= 11 is 0. The number of esters is 1. The Labute approximate surface area is 223 Å². The number of hydrogen-bond acceptors (Lipinski definition) is 6. The molecule has 2 bridgehead atoms. The maximum atomic E-state index is 14.3. The lowest BCUT2D eigenvalue weighted by Crippen LogP contribution is -2.57. The second-order valence-electron chi connectivity index (χ2n) is 11.0. The van der Waals surface area contributed by atoms with Gasteiger partial charge in [0.05, 0.1) is 30.8 Å². The molecule has 0 aromatic heterocycles. The van der Waals surface area contributed by atoms with Gasteiger partial charge >= 0.3 is 5.97 Å². The number of fused-ring (bicyclic) bond motifs is 1. The maximum absolute atomic E-state index is 14.3. The minimum Gasteiger partial charge on any atom is -0.466 e. The molecule has 2 aromatic rings. The summed E-state index contributed by atoms with van der Waals surface area (Å²) in [5.74, 6) is -2.88. The van der Waals surface area contributed by atoms with E-state index in [2.05, 4.69) is 5.32 Å². The van der Waals surface area contributed by atoms with E-state index in [4.69, 9.17) is 9.47 Å². The highest BCUT2D eigenvalue weighted by atomic mass is 16.6. The molecule has 2 unspecified atom stereocenters. The van der Waals surface area contributed by atoms with E-state index in [1.165, 1.54) is 4.90 Å². The van der Waals surface area contributed by atoms with Crippen LogP contribution in [0.5, 0.6) is 0 Å². The van der Waals surface area contributed by atoms with Crippen molar-refractivity contribution in [2.45, 2.75) is 70.2 Å². The van der Waals surface area contributed by atoms with Crippen molar-refractivity contribution in [1.82, 2.24) is 4.90 Å². The highest BCUT2D eigenvalue weighted by Gasteiger charge is 2.78. The first-order chi connectivity index (χ1) is 18.2. The van der Waals surface area contributed by atoms with Gasteiger partial charge in [-0.25, -0.2) is 0 Å². The largest absolute Gasteiger partial charge is 0.466 e. The van der Waals surface area contributed by atoms with Crippen LogP contribution in [-0.2, 0) is 30.3 Å². The van der Waals surface area contributed by atoms with Crippen LogP contribution in [0.2, 0.25) is 0 Å². The Morgan fingerprint density at radius 2 is 1.82 bits per heavy atom. The number of benzene rings is 2. The van der Waals surface area contributed by atoms with E-state index < -0.39 is 41.1 Å². The summed E-state index contributed by atoms with van der Waals surface area (Å²) in [7, 11) is 0. The number of amides is 2.